The van der Waals surface area contributed by atoms with Crippen LogP contribution in [0.2, 0.25) is 0 Å². The Morgan fingerprint density at radius 3 is 2.83 bits per heavy atom. The molecule has 3 rings (SSSR count). The lowest BCUT2D eigenvalue weighted by Gasteiger charge is -2.43. The first-order chi connectivity index (χ1) is 13.9. The molecule has 0 radical (unpaired) electrons. The Balaban J connectivity index is 1.75. The summed E-state index contributed by atoms with van der Waals surface area (Å²) in [7, 11) is 1.63. The van der Waals surface area contributed by atoms with Crippen LogP contribution in [0.1, 0.15) is 38.7 Å². The number of carboxylic acids is 1. The number of nitrogens with zero attached hydrogens (tertiary/aromatic N) is 3. The number of para-hydroxylation sites is 2. The second-order valence-electron chi connectivity index (χ2n) is 8.37. The van der Waals surface area contributed by atoms with Gasteiger partial charge in [-0.25, -0.2) is 4.68 Å². The van der Waals surface area contributed by atoms with E-state index in [2.05, 4.69) is 23.8 Å². The predicted molar refractivity (Wildman–Crippen MR) is 110 cm³/mol. The van der Waals surface area contributed by atoms with Gasteiger partial charge in [0, 0.05) is 31.4 Å². The highest BCUT2D eigenvalue weighted by Gasteiger charge is 2.48. The van der Waals surface area contributed by atoms with Crippen molar-refractivity contribution in [2.45, 2.75) is 45.8 Å². The van der Waals surface area contributed by atoms with Crippen molar-refractivity contribution in [2.75, 3.05) is 20.2 Å². The first-order valence-corrected chi connectivity index (χ1v) is 10.2. The lowest BCUT2D eigenvalue weighted by atomic mass is 9.72. The zero-order valence-electron chi connectivity index (χ0n) is 17.4. The Hall–Kier alpha value is -2.38. The van der Waals surface area contributed by atoms with Crippen molar-refractivity contribution in [3.05, 3.63) is 42.2 Å². The number of carboxylic acid groups (broad SMARTS) is 1. The van der Waals surface area contributed by atoms with Crippen LogP contribution in [0.5, 0.6) is 5.75 Å². The van der Waals surface area contributed by atoms with Gasteiger partial charge in [0.2, 0.25) is 0 Å². The van der Waals surface area contributed by atoms with E-state index in [9.17, 15) is 15.0 Å². The van der Waals surface area contributed by atoms with Crippen LogP contribution in [0.15, 0.2) is 36.7 Å². The van der Waals surface area contributed by atoms with Gasteiger partial charge in [-0.1, -0.05) is 26.0 Å². The highest BCUT2D eigenvalue weighted by atomic mass is 16.5. The van der Waals surface area contributed by atoms with E-state index >= 15 is 0 Å². The summed E-state index contributed by atoms with van der Waals surface area (Å²) in [6.07, 6.45) is 4.66. The maximum atomic E-state index is 12.1. The number of aliphatic hydroxyl groups excluding tert-OH is 1. The molecule has 1 aromatic heterocycles. The molecule has 1 aliphatic heterocycles. The first kappa shape index (κ1) is 21.3. The van der Waals surface area contributed by atoms with Crippen LogP contribution in [0.4, 0.5) is 0 Å². The van der Waals surface area contributed by atoms with Crippen LogP contribution in [0.25, 0.3) is 5.69 Å². The third kappa shape index (κ3) is 4.62. The van der Waals surface area contributed by atoms with Crippen molar-refractivity contribution in [1.29, 1.82) is 0 Å². The average molecular weight is 402 g/mol. The molecule has 0 unspecified atom stereocenters. The zero-order valence-corrected chi connectivity index (χ0v) is 17.4. The Labute approximate surface area is 171 Å². The van der Waals surface area contributed by atoms with Gasteiger partial charge in [-0.2, -0.15) is 5.10 Å². The summed E-state index contributed by atoms with van der Waals surface area (Å²) in [4.78, 5) is 14.3. The van der Waals surface area contributed by atoms with Gasteiger partial charge in [0.25, 0.3) is 0 Å². The van der Waals surface area contributed by atoms with Crippen LogP contribution >= 0.6 is 0 Å². The SMILES string of the molecule is COc1ccccc1-n1cc(CN2CC[C@H](O)[C@](CCC(C)C)(C(=O)O)C2)cn1. The summed E-state index contributed by atoms with van der Waals surface area (Å²) >= 11 is 0. The fraction of sp³-hybridized carbons (Fsp3) is 0.545. The molecule has 2 aromatic rings. The first-order valence-electron chi connectivity index (χ1n) is 10.2. The molecular weight excluding hydrogens is 370 g/mol. The largest absolute Gasteiger partial charge is 0.494 e. The summed E-state index contributed by atoms with van der Waals surface area (Å²) in [6, 6.07) is 7.67. The summed E-state index contributed by atoms with van der Waals surface area (Å²) in [5.41, 5.74) is 0.740. The molecule has 2 atom stereocenters. The molecule has 0 saturated carbocycles. The molecule has 1 aromatic carbocycles. The van der Waals surface area contributed by atoms with Crippen LogP contribution in [0, 0.1) is 11.3 Å². The Morgan fingerprint density at radius 1 is 1.38 bits per heavy atom. The zero-order chi connectivity index (χ0) is 21.0. The lowest BCUT2D eigenvalue weighted by Crippen LogP contribution is -2.55. The Bertz CT molecular complexity index is 835. The molecule has 0 aliphatic carbocycles. The summed E-state index contributed by atoms with van der Waals surface area (Å²) < 4.78 is 7.18. The predicted octanol–water partition coefficient (Wildman–Crippen LogP) is 2.95. The lowest BCUT2D eigenvalue weighted by molar-refractivity contribution is -0.165. The number of piperidine rings is 1. The monoisotopic (exact) mass is 401 g/mol. The minimum Gasteiger partial charge on any atom is -0.494 e. The van der Waals surface area contributed by atoms with E-state index < -0.39 is 17.5 Å². The molecule has 7 heteroatoms. The number of hydrogen-bond acceptors (Lipinski definition) is 5. The van der Waals surface area contributed by atoms with E-state index in [-0.39, 0.29) is 0 Å². The smallest absolute Gasteiger partial charge is 0.313 e. The average Bonchev–Trinajstić information content (AvgIpc) is 3.16. The molecule has 0 amide bonds. The van der Waals surface area contributed by atoms with Gasteiger partial charge in [-0.05, 0) is 37.3 Å². The van der Waals surface area contributed by atoms with Crippen molar-refractivity contribution >= 4 is 5.97 Å². The molecule has 2 heterocycles. The van der Waals surface area contributed by atoms with Gasteiger partial charge in [0.1, 0.15) is 16.9 Å². The highest BCUT2D eigenvalue weighted by Crippen LogP contribution is 2.37. The van der Waals surface area contributed by atoms with Gasteiger partial charge in [0.05, 0.1) is 19.4 Å². The number of aliphatic carboxylic acids is 1. The molecule has 2 N–H and O–H groups in total. The third-order valence-corrected chi connectivity index (χ3v) is 5.83. The molecule has 1 aliphatic rings. The Kier molecular flexibility index (Phi) is 6.59. The van der Waals surface area contributed by atoms with Crippen molar-refractivity contribution in [2.24, 2.45) is 11.3 Å². The normalized spacial score (nSPS) is 22.7. The molecule has 158 valence electrons. The van der Waals surface area contributed by atoms with E-state index in [1.807, 2.05) is 30.5 Å². The van der Waals surface area contributed by atoms with Gasteiger partial charge >= 0.3 is 5.97 Å². The minimum atomic E-state index is -1.11. The number of rotatable bonds is 8. The number of ether oxygens (including phenoxy) is 1. The number of benzene rings is 1. The summed E-state index contributed by atoms with van der Waals surface area (Å²) in [5, 5.41) is 25.0. The van der Waals surface area contributed by atoms with Crippen LogP contribution < -0.4 is 4.74 Å². The standard InChI is InChI=1S/C22H31N3O4/c1-16(2)8-10-22(21(27)28)15-24(11-9-20(22)26)13-17-12-23-25(14-17)18-6-4-5-7-19(18)29-3/h4-7,12,14,16,20,26H,8-11,13,15H2,1-3H3,(H,27,28)/t20-,22+/m0/s1. The topological polar surface area (TPSA) is 87.8 Å². The van der Waals surface area contributed by atoms with E-state index in [4.69, 9.17) is 4.74 Å². The molecule has 1 saturated heterocycles. The van der Waals surface area contributed by atoms with Crippen molar-refractivity contribution in [1.82, 2.24) is 14.7 Å². The van der Waals surface area contributed by atoms with E-state index in [1.165, 1.54) is 0 Å². The fourth-order valence-corrected chi connectivity index (χ4v) is 4.06. The van der Waals surface area contributed by atoms with Gasteiger partial charge < -0.3 is 14.9 Å². The summed E-state index contributed by atoms with van der Waals surface area (Å²) in [6.45, 7) is 5.76. The third-order valence-electron chi connectivity index (χ3n) is 5.83. The minimum absolute atomic E-state index is 0.343. The molecule has 0 bridgehead atoms. The van der Waals surface area contributed by atoms with Crippen molar-refractivity contribution in [3.8, 4) is 11.4 Å². The Morgan fingerprint density at radius 2 is 2.14 bits per heavy atom. The molecular formula is C22H31N3O4. The number of hydrogen-bond donors (Lipinski definition) is 2. The molecule has 1 fully saturated rings. The second-order valence-corrected chi connectivity index (χ2v) is 8.37. The molecule has 0 spiro atoms. The number of aromatic nitrogens is 2. The van der Waals surface area contributed by atoms with Gasteiger partial charge in [-0.3, -0.25) is 9.69 Å². The molecule has 29 heavy (non-hydrogen) atoms. The maximum Gasteiger partial charge on any atom is 0.313 e. The molecule has 7 nitrogen and oxygen atoms in total. The van der Waals surface area contributed by atoms with Crippen LogP contribution in [-0.4, -0.2) is 57.2 Å². The number of methoxy groups -OCH3 is 1. The van der Waals surface area contributed by atoms with Crippen LogP contribution in [-0.2, 0) is 11.3 Å². The van der Waals surface area contributed by atoms with E-state index in [1.54, 1.807) is 18.0 Å². The number of aliphatic hydroxyl groups is 1. The highest BCUT2D eigenvalue weighted by molar-refractivity contribution is 5.76. The number of carbonyl (C=O) groups is 1. The fourth-order valence-electron chi connectivity index (χ4n) is 4.06. The van der Waals surface area contributed by atoms with E-state index in [0.29, 0.717) is 38.4 Å². The quantitative estimate of drug-likeness (QED) is 0.707. The van der Waals surface area contributed by atoms with Gasteiger partial charge in [-0.15, -0.1) is 0 Å². The van der Waals surface area contributed by atoms with Crippen molar-refractivity contribution < 1.29 is 19.7 Å². The van der Waals surface area contributed by atoms with Crippen molar-refractivity contribution in [3.63, 3.8) is 0 Å². The van der Waals surface area contributed by atoms with E-state index in [0.717, 1.165) is 23.4 Å². The second kappa shape index (κ2) is 8.97. The van der Waals surface area contributed by atoms with Gasteiger partial charge in [0.15, 0.2) is 0 Å². The number of likely N-dealkylation sites (tertiary alicyclic amines) is 1. The van der Waals surface area contributed by atoms with Crippen LogP contribution in [0.3, 0.4) is 0 Å². The maximum absolute atomic E-state index is 12.1. The summed E-state index contributed by atoms with van der Waals surface area (Å²) in [5.74, 6) is 0.231.